The van der Waals surface area contributed by atoms with Gasteiger partial charge in [0.2, 0.25) is 17.7 Å². The number of carbonyl (C=O) groups is 11. The molecule has 29 nitrogen and oxygen atoms in total. The zero-order valence-electron chi connectivity index (χ0n) is 47.0. The second-order valence-electron chi connectivity index (χ2n) is 20.2. The predicted octanol–water partition coefficient (Wildman–Crippen LogP) is 0.704. The van der Waals surface area contributed by atoms with Gasteiger partial charge < -0.3 is 73.0 Å². The van der Waals surface area contributed by atoms with Crippen LogP contribution in [0.3, 0.4) is 0 Å². The third-order valence-corrected chi connectivity index (χ3v) is 14.5. The fourth-order valence-corrected chi connectivity index (χ4v) is 9.85. The van der Waals surface area contributed by atoms with Crippen LogP contribution in [0.2, 0.25) is 0 Å². The summed E-state index contributed by atoms with van der Waals surface area (Å²) >= 11 is 7.68. The molecule has 0 aromatic heterocycles. The zero-order chi connectivity index (χ0) is 62.8. The summed E-state index contributed by atoms with van der Waals surface area (Å²) in [4.78, 5) is 139. The van der Waals surface area contributed by atoms with E-state index in [0.717, 1.165) is 5.56 Å². The first-order chi connectivity index (χ1) is 40.4. The molecule has 0 spiro atoms. The van der Waals surface area contributed by atoms with Gasteiger partial charge in [0.1, 0.15) is 24.2 Å². The van der Waals surface area contributed by atoms with Crippen molar-refractivity contribution in [2.24, 2.45) is 0 Å². The van der Waals surface area contributed by atoms with Gasteiger partial charge in [0, 0.05) is 119 Å². The molecule has 1 saturated heterocycles. The average molecular weight is 1330 g/mol. The Hall–Kier alpha value is -7.33. The lowest BCUT2D eigenvalue weighted by Crippen LogP contribution is -2.54. The molecule has 0 aliphatic carbocycles. The topological polar surface area (TPSA) is 427 Å². The summed E-state index contributed by atoms with van der Waals surface area (Å²) in [5.74, 6) is -10.5. The number of carbonyl (C=O) groups excluding carboxylic acids is 4. The summed E-state index contributed by atoms with van der Waals surface area (Å²) in [7, 11) is 0. The number of halogens is 1. The molecular weight excluding hydrogens is 1250 g/mol. The number of carboxylic acid groups (broad SMARTS) is 7. The Morgan fingerprint density at radius 1 is 0.518 bits per heavy atom. The zero-order valence-corrected chi connectivity index (χ0v) is 49.9. The third-order valence-electron chi connectivity index (χ3n) is 13.4. The highest BCUT2D eigenvalue weighted by Gasteiger charge is 2.30. The van der Waals surface area contributed by atoms with Crippen molar-refractivity contribution >= 4 is 111 Å². The first-order valence-corrected chi connectivity index (χ1v) is 29.0. The van der Waals surface area contributed by atoms with Gasteiger partial charge in [-0.3, -0.25) is 53.1 Å². The molecule has 3 rings (SSSR count). The molecule has 1 aliphatic heterocycles. The van der Waals surface area contributed by atoms with E-state index in [1.165, 1.54) is 0 Å². The van der Waals surface area contributed by atoms with Gasteiger partial charge in [0.15, 0.2) is 5.11 Å². The van der Waals surface area contributed by atoms with Crippen LogP contribution in [-0.2, 0) is 60.8 Å². The Balaban J connectivity index is 1.52. The van der Waals surface area contributed by atoms with Crippen molar-refractivity contribution < 1.29 is 88.5 Å². The number of benzene rings is 2. The summed E-state index contributed by atoms with van der Waals surface area (Å²) in [6.45, 7) is 2.18. The largest absolute Gasteiger partial charge is 0.481 e. The Bertz CT molecular complexity index is 2560. The number of nitrogens with one attached hydrogen (secondary N) is 7. The standard InChI is InChI=1S/C54H78IN11O18S/c55-66-28-26-64(33-47(74)75)24-23-63(32-46(72)73)25-27-65(34-48(76)77)38(31-66)29-36-13-15-37(16-14-36)58-54(85)57-22-7-2-5-12-43(67)59-39(17-19-44(68)69)50(79)60-42(30-35-9-3-1-4-10-35)49(78)56-21-8-6-11-40(51(80)81)61-53(84)62-41(52(82)83)18-20-45(70)71/h1,3-4,9-10,13-16,38-42H,2,5-8,11-12,17-34H2,(H,56,78)(H,59,67)(H,60,79)(H,68,69)(H,70,71)(H,72,73)(H,74,75)(H,76,77)(H,80,81)(H,82,83)(H2,57,58,85)(H2,61,62,84)/t38-,39-,40-,41-,42-/m0/s1. The maximum atomic E-state index is 13.7. The molecule has 470 valence electrons. The SMILES string of the molecule is O=C(O)CC[C@H](NC(=O)N[C@@H](CCCCNC(=O)[C@H](Cc1ccccc1)NC(=O)[C@H](CCC(=O)O)NC(=O)CCCCCNC(=S)Nc1ccc(C[C@H]2CN(I)CCN(CC(=O)O)CCN(CC(=O)O)CCN2CC(=O)O)cc1)C(=O)O)C(=O)O. The first-order valence-electron chi connectivity index (χ1n) is 27.6. The summed E-state index contributed by atoms with van der Waals surface area (Å²) in [5.41, 5.74) is 2.25. The van der Waals surface area contributed by atoms with Gasteiger partial charge in [-0.15, -0.1) is 0 Å². The van der Waals surface area contributed by atoms with E-state index in [9.17, 15) is 83.4 Å². The van der Waals surface area contributed by atoms with Gasteiger partial charge in [-0.25, -0.2) is 17.5 Å². The normalized spacial score (nSPS) is 16.0. The van der Waals surface area contributed by atoms with E-state index in [1.807, 2.05) is 37.6 Å². The van der Waals surface area contributed by atoms with E-state index in [1.54, 1.807) is 40.1 Å². The number of rotatable bonds is 36. The summed E-state index contributed by atoms with van der Waals surface area (Å²) < 4.78 is 2.00. The van der Waals surface area contributed by atoms with E-state index in [4.69, 9.17) is 17.3 Å². The number of anilines is 1. The lowest BCUT2D eigenvalue weighted by molar-refractivity contribution is -0.141. The maximum Gasteiger partial charge on any atom is 0.326 e. The molecule has 85 heavy (non-hydrogen) atoms. The number of hydrogen-bond acceptors (Lipinski definition) is 16. The molecule has 14 N–H and O–H groups in total. The van der Waals surface area contributed by atoms with E-state index in [-0.39, 0.29) is 83.8 Å². The monoisotopic (exact) mass is 1330 g/mol. The van der Waals surface area contributed by atoms with Gasteiger partial charge in [-0.1, -0.05) is 48.9 Å². The quantitative estimate of drug-likeness (QED) is 0.0193. The fraction of sp³-hybridized carbons (Fsp3) is 0.556. The number of hydrogen-bond donors (Lipinski definition) is 14. The van der Waals surface area contributed by atoms with Crippen molar-refractivity contribution in [3.63, 3.8) is 0 Å². The number of unbranched alkanes of at least 4 members (excludes halogenated alkanes) is 3. The molecular formula is C54H78IN11O18S. The van der Waals surface area contributed by atoms with Crippen molar-refractivity contribution in [2.75, 3.05) is 83.9 Å². The number of thiocarbonyl (C=S) groups is 1. The molecule has 2 aromatic rings. The third kappa shape index (κ3) is 31.4. The van der Waals surface area contributed by atoms with Gasteiger partial charge in [0.25, 0.3) is 0 Å². The van der Waals surface area contributed by atoms with Crippen LogP contribution in [0.4, 0.5) is 10.5 Å². The van der Waals surface area contributed by atoms with Crippen LogP contribution < -0.4 is 37.2 Å². The highest BCUT2D eigenvalue weighted by atomic mass is 127. The number of urea groups is 1. The van der Waals surface area contributed by atoms with Crippen molar-refractivity contribution in [2.45, 2.75) is 114 Å². The highest BCUT2D eigenvalue weighted by Crippen LogP contribution is 2.18. The van der Waals surface area contributed by atoms with Crippen molar-refractivity contribution in [3.05, 3.63) is 65.7 Å². The Morgan fingerprint density at radius 2 is 1.06 bits per heavy atom. The van der Waals surface area contributed by atoms with Crippen LogP contribution in [0.1, 0.15) is 81.8 Å². The number of nitrogens with zero attached hydrogens (tertiary/aromatic N) is 4. The molecule has 31 heteroatoms. The first kappa shape index (κ1) is 71.9. The van der Waals surface area contributed by atoms with E-state index >= 15 is 0 Å². The Morgan fingerprint density at radius 3 is 1.64 bits per heavy atom. The van der Waals surface area contributed by atoms with Gasteiger partial charge in [0.05, 0.1) is 19.6 Å². The van der Waals surface area contributed by atoms with Crippen LogP contribution in [0.5, 0.6) is 0 Å². The molecule has 5 atom stereocenters. The lowest BCUT2D eigenvalue weighted by atomic mass is 10.0. The fourth-order valence-electron chi connectivity index (χ4n) is 8.96. The van der Waals surface area contributed by atoms with Crippen molar-refractivity contribution in [1.82, 2.24) is 49.7 Å². The van der Waals surface area contributed by atoms with Crippen molar-refractivity contribution in [3.8, 4) is 0 Å². The Labute approximate surface area is 510 Å². The van der Waals surface area contributed by atoms with Crippen molar-refractivity contribution in [1.29, 1.82) is 0 Å². The highest BCUT2D eigenvalue weighted by molar-refractivity contribution is 14.1. The molecule has 0 bridgehead atoms. The maximum absolute atomic E-state index is 13.7. The molecule has 1 fully saturated rings. The number of amides is 5. The summed E-state index contributed by atoms with van der Waals surface area (Å²) in [6, 6.07) is 9.15. The van der Waals surface area contributed by atoms with Gasteiger partial charge >= 0.3 is 47.8 Å². The summed E-state index contributed by atoms with van der Waals surface area (Å²) in [6.07, 6.45) is 0.522. The van der Waals surface area contributed by atoms with Crippen LogP contribution in [-0.4, -0.2) is 233 Å². The molecule has 2 aromatic carbocycles. The second-order valence-corrected chi connectivity index (χ2v) is 22.0. The van der Waals surface area contributed by atoms with Gasteiger partial charge in [-0.2, -0.15) is 0 Å². The minimum absolute atomic E-state index is 0.00180. The molecule has 5 amide bonds. The molecule has 0 saturated carbocycles. The molecule has 0 unspecified atom stereocenters. The molecule has 0 radical (unpaired) electrons. The average Bonchev–Trinajstić information content (AvgIpc) is 3.65. The van der Waals surface area contributed by atoms with Crippen LogP contribution in [0.15, 0.2) is 54.6 Å². The van der Waals surface area contributed by atoms with E-state index < -0.39 is 109 Å². The van der Waals surface area contributed by atoms with Crippen LogP contribution in [0, 0.1) is 0 Å². The predicted molar refractivity (Wildman–Crippen MR) is 319 cm³/mol. The minimum atomic E-state index is -1.58. The minimum Gasteiger partial charge on any atom is -0.481 e. The van der Waals surface area contributed by atoms with Gasteiger partial charge in [-0.05, 0) is 86.8 Å². The lowest BCUT2D eigenvalue weighted by Gasteiger charge is -2.36. The van der Waals surface area contributed by atoms with Crippen LogP contribution >= 0.6 is 35.1 Å². The van der Waals surface area contributed by atoms with E-state index in [2.05, 4.69) is 54.8 Å². The molecule has 1 aliphatic rings. The molecule has 1 heterocycles. The Kier molecular flexibility index (Phi) is 33.3. The smallest absolute Gasteiger partial charge is 0.326 e. The number of carboxylic acids is 7. The van der Waals surface area contributed by atoms with Crippen LogP contribution in [0.25, 0.3) is 0 Å². The second kappa shape index (κ2) is 39.3. The number of aliphatic carboxylic acids is 7. The van der Waals surface area contributed by atoms with E-state index in [0.29, 0.717) is 81.3 Å². The summed E-state index contributed by atoms with van der Waals surface area (Å²) in [5, 5.41) is 84.9.